The summed E-state index contributed by atoms with van der Waals surface area (Å²) in [5, 5.41) is 4.72. The lowest BCUT2D eigenvalue weighted by molar-refractivity contribution is 0.486. The molecule has 0 amide bonds. The molecule has 0 atom stereocenters. The summed E-state index contributed by atoms with van der Waals surface area (Å²) in [6, 6.07) is 19.6. The van der Waals surface area contributed by atoms with Crippen molar-refractivity contribution in [2.75, 3.05) is 0 Å². The van der Waals surface area contributed by atoms with Gasteiger partial charge in [-0.25, -0.2) is 4.98 Å². The second-order valence-corrected chi connectivity index (χ2v) is 9.06. The number of para-hydroxylation sites is 1. The van der Waals surface area contributed by atoms with Gasteiger partial charge in [0, 0.05) is 4.47 Å². The zero-order valence-electron chi connectivity index (χ0n) is 16.3. The Morgan fingerprint density at radius 2 is 1.68 bits per heavy atom. The van der Waals surface area contributed by atoms with Crippen molar-refractivity contribution < 1.29 is 12.6 Å². The van der Waals surface area contributed by atoms with Gasteiger partial charge in [0.2, 0.25) is 0 Å². The van der Waals surface area contributed by atoms with E-state index in [0.29, 0.717) is 22.3 Å². The van der Waals surface area contributed by atoms with Crippen LogP contribution in [0.15, 0.2) is 92.1 Å². The van der Waals surface area contributed by atoms with Crippen LogP contribution >= 0.6 is 15.9 Å². The molecule has 0 aliphatic heterocycles. The van der Waals surface area contributed by atoms with Gasteiger partial charge in [0.25, 0.3) is 5.56 Å². The summed E-state index contributed by atoms with van der Waals surface area (Å²) >= 11 is 3.27. The van der Waals surface area contributed by atoms with Crippen molar-refractivity contribution in [3.8, 4) is 5.75 Å². The van der Waals surface area contributed by atoms with E-state index in [1.54, 1.807) is 49.4 Å². The normalized spacial score (nSPS) is 11.8. The maximum absolute atomic E-state index is 12.7. The predicted octanol–water partition coefficient (Wildman–Crippen LogP) is 4.12. The SMILES string of the molecule is Cc1nc2ccccc2c(=O)n1/N=C/c1ccc(OS(=O)(=O)c2ccc(Br)cc2)cc1. The summed E-state index contributed by atoms with van der Waals surface area (Å²) in [4.78, 5) is 17.1. The molecule has 7 nitrogen and oxygen atoms in total. The van der Waals surface area contributed by atoms with Crippen LogP contribution in [0, 0.1) is 6.92 Å². The zero-order chi connectivity index (χ0) is 22.0. The number of aromatic nitrogens is 2. The van der Waals surface area contributed by atoms with Crippen LogP contribution in [0.4, 0.5) is 0 Å². The van der Waals surface area contributed by atoms with Crippen LogP contribution in [-0.4, -0.2) is 24.3 Å². The molecule has 0 saturated heterocycles. The predicted molar refractivity (Wildman–Crippen MR) is 122 cm³/mol. The molecule has 0 unspecified atom stereocenters. The number of benzene rings is 3. The molecular weight excluding hydrogens is 482 g/mol. The van der Waals surface area contributed by atoms with E-state index < -0.39 is 10.1 Å². The number of rotatable bonds is 5. The molecule has 1 aromatic heterocycles. The highest BCUT2D eigenvalue weighted by atomic mass is 79.9. The van der Waals surface area contributed by atoms with Gasteiger partial charge < -0.3 is 4.18 Å². The van der Waals surface area contributed by atoms with Crippen LogP contribution in [0.25, 0.3) is 10.9 Å². The van der Waals surface area contributed by atoms with Crippen LogP contribution in [0.2, 0.25) is 0 Å². The van der Waals surface area contributed by atoms with Gasteiger partial charge in [0.1, 0.15) is 16.5 Å². The fourth-order valence-electron chi connectivity index (χ4n) is 2.88. The third kappa shape index (κ3) is 4.57. The molecule has 3 aromatic carbocycles. The lowest BCUT2D eigenvalue weighted by atomic mass is 10.2. The minimum atomic E-state index is -3.94. The first-order valence-corrected chi connectivity index (χ1v) is 11.4. The van der Waals surface area contributed by atoms with Crippen molar-refractivity contribution in [1.29, 1.82) is 0 Å². The van der Waals surface area contributed by atoms with E-state index in [1.165, 1.54) is 35.2 Å². The van der Waals surface area contributed by atoms with Crippen LogP contribution in [0.3, 0.4) is 0 Å². The Labute approximate surface area is 186 Å². The van der Waals surface area contributed by atoms with E-state index in [4.69, 9.17) is 4.18 Å². The molecule has 31 heavy (non-hydrogen) atoms. The maximum Gasteiger partial charge on any atom is 0.339 e. The second-order valence-electron chi connectivity index (χ2n) is 6.60. The third-order valence-electron chi connectivity index (χ3n) is 4.43. The Balaban J connectivity index is 1.55. The molecule has 0 saturated carbocycles. The summed E-state index contributed by atoms with van der Waals surface area (Å²) in [5.41, 5.74) is 1.01. The molecule has 4 rings (SSSR count). The van der Waals surface area contributed by atoms with Crippen LogP contribution in [0.5, 0.6) is 5.75 Å². The lowest BCUT2D eigenvalue weighted by Crippen LogP contribution is -2.20. The van der Waals surface area contributed by atoms with Crippen LogP contribution in [0.1, 0.15) is 11.4 Å². The Hall–Kier alpha value is -3.30. The van der Waals surface area contributed by atoms with Gasteiger partial charge in [-0.1, -0.05) is 28.1 Å². The van der Waals surface area contributed by atoms with Crippen LogP contribution < -0.4 is 9.74 Å². The number of nitrogens with zero attached hydrogens (tertiary/aromatic N) is 3. The smallest absolute Gasteiger partial charge is 0.339 e. The molecule has 0 aliphatic rings. The Morgan fingerprint density at radius 3 is 2.39 bits per heavy atom. The molecule has 1 heterocycles. The van der Waals surface area contributed by atoms with Crippen molar-refractivity contribution >= 4 is 43.2 Å². The molecule has 9 heteroatoms. The number of halogens is 1. The maximum atomic E-state index is 12.7. The second kappa shape index (κ2) is 8.44. The zero-order valence-corrected chi connectivity index (χ0v) is 18.7. The summed E-state index contributed by atoms with van der Waals surface area (Å²) in [5.74, 6) is 0.626. The molecule has 156 valence electrons. The average molecular weight is 498 g/mol. The highest BCUT2D eigenvalue weighted by molar-refractivity contribution is 9.10. The lowest BCUT2D eigenvalue weighted by Gasteiger charge is -2.07. The third-order valence-corrected chi connectivity index (χ3v) is 6.22. The molecule has 0 fully saturated rings. The van der Waals surface area contributed by atoms with Crippen molar-refractivity contribution in [2.24, 2.45) is 5.10 Å². The van der Waals surface area contributed by atoms with E-state index in [2.05, 4.69) is 26.0 Å². The fourth-order valence-corrected chi connectivity index (χ4v) is 4.08. The monoisotopic (exact) mass is 497 g/mol. The molecule has 0 radical (unpaired) electrons. The van der Waals surface area contributed by atoms with Crippen molar-refractivity contribution in [2.45, 2.75) is 11.8 Å². The largest absolute Gasteiger partial charge is 0.379 e. The number of hydrogen-bond donors (Lipinski definition) is 0. The Bertz CT molecular complexity index is 1450. The number of hydrogen-bond acceptors (Lipinski definition) is 6. The topological polar surface area (TPSA) is 90.6 Å². The van der Waals surface area contributed by atoms with Crippen molar-refractivity contribution in [3.63, 3.8) is 0 Å². The summed E-state index contributed by atoms with van der Waals surface area (Å²) < 4.78 is 31.9. The van der Waals surface area contributed by atoms with E-state index in [-0.39, 0.29) is 16.2 Å². The van der Waals surface area contributed by atoms with Crippen molar-refractivity contribution in [1.82, 2.24) is 9.66 Å². The minimum absolute atomic E-state index is 0.0555. The van der Waals surface area contributed by atoms with Gasteiger partial charge in [0.15, 0.2) is 0 Å². The Kier molecular flexibility index (Phi) is 5.71. The van der Waals surface area contributed by atoms with Gasteiger partial charge >= 0.3 is 10.1 Å². The van der Waals surface area contributed by atoms with E-state index in [0.717, 1.165) is 4.47 Å². The first kappa shape index (κ1) is 21.0. The molecule has 0 N–H and O–H groups in total. The first-order chi connectivity index (χ1) is 14.8. The fraction of sp³-hybridized carbons (Fsp3) is 0.0455. The minimum Gasteiger partial charge on any atom is -0.379 e. The van der Waals surface area contributed by atoms with E-state index in [9.17, 15) is 13.2 Å². The molecule has 0 spiro atoms. The van der Waals surface area contributed by atoms with Gasteiger partial charge in [-0.3, -0.25) is 4.79 Å². The standard InChI is InChI=1S/C22H16BrN3O4S/c1-15-25-21-5-3-2-4-20(21)22(27)26(15)24-14-16-6-10-18(11-7-16)30-31(28,29)19-12-8-17(23)9-13-19/h2-14H,1H3/b24-14+. The molecule has 0 bridgehead atoms. The highest BCUT2D eigenvalue weighted by Crippen LogP contribution is 2.20. The van der Waals surface area contributed by atoms with E-state index in [1.807, 2.05) is 6.07 Å². The summed E-state index contributed by atoms with van der Waals surface area (Å²) in [6.07, 6.45) is 1.50. The molecule has 4 aromatic rings. The van der Waals surface area contributed by atoms with Gasteiger partial charge in [-0.05, 0) is 73.2 Å². The van der Waals surface area contributed by atoms with E-state index >= 15 is 0 Å². The Morgan fingerprint density at radius 1 is 1.00 bits per heavy atom. The quantitative estimate of drug-likeness (QED) is 0.305. The first-order valence-electron chi connectivity index (χ1n) is 9.16. The van der Waals surface area contributed by atoms with Crippen LogP contribution in [-0.2, 0) is 10.1 Å². The van der Waals surface area contributed by atoms with Gasteiger partial charge in [-0.2, -0.15) is 18.2 Å². The average Bonchev–Trinajstić information content (AvgIpc) is 2.75. The number of fused-ring (bicyclic) bond motifs is 1. The van der Waals surface area contributed by atoms with Gasteiger partial charge in [-0.15, -0.1) is 0 Å². The van der Waals surface area contributed by atoms with Gasteiger partial charge in [0.05, 0.1) is 17.1 Å². The molecular formula is C22H16BrN3O4S. The number of aryl methyl sites for hydroxylation is 1. The molecule has 0 aliphatic carbocycles. The summed E-state index contributed by atoms with van der Waals surface area (Å²) in [6.45, 7) is 1.70. The summed E-state index contributed by atoms with van der Waals surface area (Å²) in [7, 11) is -3.94. The van der Waals surface area contributed by atoms with Crippen molar-refractivity contribution in [3.05, 3.63) is 99.0 Å². The highest BCUT2D eigenvalue weighted by Gasteiger charge is 2.16.